The molecule has 0 spiro atoms. The predicted octanol–water partition coefficient (Wildman–Crippen LogP) is 2.80. The molecule has 1 aromatic carbocycles. The van der Waals surface area contributed by atoms with Crippen LogP contribution in [-0.4, -0.2) is 18.4 Å². The summed E-state index contributed by atoms with van der Waals surface area (Å²) in [4.78, 5) is 11.5. The molecule has 0 heterocycles. The van der Waals surface area contributed by atoms with Crippen molar-refractivity contribution in [3.8, 4) is 0 Å². The number of amides is 1. The third-order valence-electron chi connectivity index (χ3n) is 2.18. The van der Waals surface area contributed by atoms with Gasteiger partial charge in [-0.1, -0.05) is 12.1 Å². The Morgan fingerprint density at radius 1 is 1.39 bits per heavy atom. The Kier molecular flexibility index (Phi) is 4.53. The number of nitrogens with one attached hydrogen (secondary N) is 1. The molecule has 1 amide bonds. The van der Waals surface area contributed by atoms with Gasteiger partial charge in [-0.25, -0.2) is 9.18 Å². The maximum atomic E-state index is 12.9. The molecule has 1 atom stereocenters. The second-order valence-electron chi connectivity index (χ2n) is 5.02. The van der Waals surface area contributed by atoms with Crippen LogP contribution in [-0.2, 0) is 4.74 Å². The Balaban J connectivity index is 2.68. The minimum absolute atomic E-state index is 0.591. The Morgan fingerprint density at radius 3 is 2.39 bits per heavy atom. The summed E-state index contributed by atoms with van der Waals surface area (Å²) < 4.78 is 18.0. The van der Waals surface area contributed by atoms with Crippen molar-refractivity contribution >= 4 is 11.8 Å². The van der Waals surface area contributed by atoms with E-state index in [1.54, 1.807) is 45.0 Å². The maximum Gasteiger partial charge on any atom is 0.408 e. The second kappa shape index (κ2) is 5.71. The molecule has 1 rings (SSSR count). The van der Waals surface area contributed by atoms with E-state index in [0.717, 1.165) is 0 Å². The smallest absolute Gasteiger partial charge is 0.408 e. The van der Waals surface area contributed by atoms with Crippen molar-refractivity contribution < 1.29 is 13.9 Å². The van der Waals surface area contributed by atoms with Gasteiger partial charge in [-0.2, -0.15) is 0 Å². The summed E-state index contributed by atoms with van der Waals surface area (Å²) >= 11 is 0. The van der Waals surface area contributed by atoms with Crippen molar-refractivity contribution in [1.29, 1.82) is 0 Å². The number of benzene rings is 1. The average Bonchev–Trinajstić information content (AvgIpc) is 2.25. The van der Waals surface area contributed by atoms with Gasteiger partial charge in [-0.05, 0) is 38.5 Å². The van der Waals surface area contributed by atoms with Gasteiger partial charge >= 0.3 is 6.09 Å². The van der Waals surface area contributed by atoms with E-state index >= 15 is 0 Å². The van der Waals surface area contributed by atoms with Gasteiger partial charge in [-0.3, -0.25) is 0 Å². The molecular formula is C13H19FN2O2. The Labute approximate surface area is 106 Å². The SMILES string of the molecule is CC(C)(C)OC(=O)NC(CF)c1ccc(N)cc1. The van der Waals surface area contributed by atoms with Crippen molar-refractivity contribution in [2.24, 2.45) is 0 Å². The van der Waals surface area contributed by atoms with Crippen LogP contribution in [0.25, 0.3) is 0 Å². The molecule has 0 aromatic heterocycles. The number of carbonyl (C=O) groups is 1. The van der Waals surface area contributed by atoms with Crippen LogP contribution in [0, 0.1) is 0 Å². The summed E-state index contributed by atoms with van der Waals surface area (Å²) in [6.45, 7) is 4.55. The van der Waals surface area contributed by atoms with E-state index in [1.165, 1.54) is 0 Å². The highest BCUT2D eigenvalue weighted by Gasteiger charge is 2.20. The van der Waals surface area contributed by atoms with E-state index in [-0.39, 0.29) is 0 Å². The number of halogens is 1. The molecule has 0 aliphatic heterocycles. The second-order valence-corrected chi connectivity index (χ2v) is 5.02. The fraction of sp³-hybridized carbons (Fsp3) is 0.462. The van der Waals surface area contributed by atoms with E-state index in [2.05, 4.69) is 5.32 Å². The van der Waals surface area contributed by atoms with E-state index in [1.807, 2.05) is 0 Å². The number of hydrogen-bond acceptors (Lipinski definition) is 3. The first-order valence-electron chi connectivity index (χ1n) is 5.73. The lowest BCUT2D eigenvalue weighted by Gasteiger charge is -2.22. The highest BCUT2D eigenvalue weighted by atomic mass is 19.1. The molecule has 1 unspecified atom stereocenters. The van der Waals surface area contributed by atoms with Gasteiger partial charge in [0.2, 0.25) is 0 Å². The van der Waals surface area contributed by atoms with Gasteiger partial charge in [0.05, 0.1) is 6.04 Å². The fourth-order valence-corrected chi connectivity index (χ4v) is 1.39. The standard InChI is InChI=1S/C13H19FN2O2/c1-13(2,3)18-12(17)16-11(8-14)9-4-6-10(15)7-5-9/h4-7,11H,8,15H2,1-3H3,(H,16,17). The molecule has 0 saturated heterocycles. The van der Waals surface area contributed by atoms with Gasteiger partial charge in [-0.15, -0.1) is 0 Å². The van der Waals surface area contributed by atoms with E-state index in [0.29, 0.717) is 11.3 Å². The molecule has 0 aliphatic rings. The van der Waals surface area contributed by atoms with Gasteiger partial charge in [0, 0.05) is 5.69 Å². The number of anilines is 1. The van der Waals surface area contributed by atoms with Crippen LogP contribution in [0.5, 0.6) is 0 Å². The Morgan fingerprint density at radius 2 is 1.94 bits per heavy atom. The zero-order chi connectivity index (χ0) is 13.8. The summed E-state index contributed by atoms with van der Waals surface area (Å²) in [5.74, 6) is 0. The maximum absolute atomic E-state index is 12.9. The van der Waals surface area contributed by atoms with Crippen molar-refractivity contribution in [2.75, 3.05) is 12.4 Å². The van der Waals surface area contributed by atoms with Crippen LogP contribution in [0.1, 0.15) is 32.4 Å². The first kappa shape index (κ1) is 14.3. The summed E-state index contributed by atoms with van der Waals surface area (Å²) in [6.07, 6.45) is -0.637. The largest absolute Gasteiger partial charge is 0.444 e. The van der Waals surface area contributed by atoms with Crippen LogP contribution >= 0.6 is 0 Å². The molecule has 3 N–H and O–H groups in total. The molecule has 0 bridgehead atoms. The number of alkyl halides is 1. The molecule has 0 radical (unpaired) electrons. The molecular weight excluding hydrogens is 235 g/mol. The van der Waals surface area contributed by atoms with Crippen LogP contribution in [0.4, 0.5) is 14.9 Å². The quantitative estimate of drug-likeness (QED) is 0.815. The lowest BCUT2D eigenvalue weighted by molar-refractivity contribution is 0.0495. The lowest BCUT2D eigenvalue weighted by atomic mass is 10.1. The Hall–Kier alpha value is -1.78. The predicted molar refractivity (Wildman–Crippen MR) is 68.9 cm³/mol. The molecule has 100 valence electrons. The van der Waals surface area contributed by atoms with Crippen molar-refractivity contribution in [3.63, 3.8) is 0 Å². The third-order valence-corrected chi connectivity index (χ3v) is 2.18. The van der Waals surface area contributed by atoms with Crippen molar-refractivity contribution in [1.82, 2.24) is 5.32 Å². The number of nitrogen functional groups attached to an aromatic ring is 1. The van der Waals surface area contributed by atoms with Crippen LogP contribution in [0.2, 0.25) is 0 Å². The van der Waals surface area contributed by atoms with Crippen LogP contribution in [0.15, 0.2) is 24.3 Å². The van der Waals surface area contributed by atoms with Gasteiger partial charge < -0.3 is 15.8 Å². The lowest BCUT2D eigenvalue weighted by Crippen LogP contribution is -2.35. The molecule has 18 heavy (non-hydrogen) atoms. The van der Waals surface area contributed by atoms with Crippen LogP contribution in [0.3, 0.4) is 0 Å². The molecule has 0 saturated carbocycles. The van der Waals surface area contributed by atoms with Crippen molar-refractivity contribution in [3.05, 3.63) is 29.8 Å². The fourth-order valence-electron chi connectivity index (χ4n) is 1.39. The molecule has 0 aliphatic carbocycles. The zero-order valence-electron chi connectivity index (χ0n) is 10.9. The summed E-state index contributed by atoms with van der Waals surface area (Å²) in [6, 6.07) is 5.96. The number of hydrogen-bond donors (Lipinski definition) is 2. The molecule has 4 nitrogen and oxygen atoms in total. The monoisotopic (exact) mass is 254 g/mol. The first-order valence-corrected chi connectivity index (χ1v) is 5.73. The van der Waals surface area contributed by atoms with Crippen LogP contribution < -0.4 is 11.1 Å². The van der Waals surface area contributed by atoms with E-state index in [9.17, 15) is 9.18 Å². The molecule has 1 aromatic rings. The van der Waals surface area contributed by atoms with E-state index < -0.39 is 24.4 Å². The zero-order valence-corrected chi connectivity index (χ0v) is 10.9. The minimum atomic E-state index is -0.722. The number of ether oxygens (including phenoxy) is 1. The normalized spacial score (nSPS) is 12.9. The molecule has 0 fully saturated rings. The number of carbonyl (C=O) groups excluding carboxylic acids is 1. The summed E-state index contributed by atoms with van der Waals surface area (Å²) in [5.41, 5.74) is 6.18. The number of rotatable bonds is 3. The molecule has 5 heteroatoms. The highest BCUT2D eigenvalue weighted by molar-refractivity contribution is 5.68. The Bertz CT molecular complexity index is 398. The van der Waals surface area contributed by atoms with Crippen molar-refractivity contribution in [2.45, 2.75) is 32.4 Å². The third kappa shape index (κ3) is 4.61. The highest BCUT2D eigenvalue weighted by Crippen LogP contribution is 2.16. The summed E-state index contributed by atoms with van der Waals surface area (Å²) in [5, 5.41) is 2.48. The van der Waals surface area contributed by atoms with Gasteiger partial charge in [0.1, 0.15) is 12.3 Å². The number of nitrogens with two attached hydrogens (primary N) is 1. The van der Waals surface area contributed by atoms with E-state index in [4.69, 9.17) is 10.5 Å². The average molecular weight is 254 g/mol. The van der Waals surface area contributed by atoms with Gasteiger partial charge in [0.15, 0.2) is 0 Å². The van der Waals surface area contributed by atoms with Gasteiger partial charge in [0.25, 0.3) is 0 Å². The topological polar surface area (TPSA) is 64.3 Å². The first-order chi connectivity index (χ1) is 8.31. The minimum Gasteiger partial charge on any atom is -0.444 e. The summed E-state index contributed by atoms with van der Waals surface area (Å²) in [7, 11) is 0. The number of alkyl carbamates (subject to hydrolysis) is 1.